The zero-order valence-electron chi connectivity index (χ0n) is 42.6. The number of methoxy groups -OCH3 is 3. The molecule has 3 heterocycles. The molecule has 67 heavy (non-hydrogen) atoms. The molecule has 1 aliphatic carbocycles. The predicted molar refractivity (Wildman–Crippen MR) is 256 cm³/mol. The maximum atomic E-state index is 14.4. The Kier molecular flexibility index (Phi) is 24.0. The summed E-state index contributed by atoms with van der Waals surface area (Å²) in [6.07, 6.45) is 11.2. The number of ketones is 3. The van der Waals surface area contributed by atoms with Gasteiger partial charge in [0.25, 0.3) is 11.7 Å². The van der Waals surface area contributed by atoms with Crippen molar-refractivity contribution in [2.24, 2.45) is 35.5 Å². The molecule has 0 aromatic rings. The number of aliphatic hydroxyl groups is 3. The molecule has 0 radical (unpaired) electrons. The highest BCUT2D eigenvalue weighted by Gasteiger charge is 2.53. The van der Waals surface area contributed by atoms with Crippen molar-refractivity contribution in [1.82, 2.24) is 4.90 Å². The average Bonchev–Trinajstić information content (AvgIpc) is 3.31. The summed E-state index contributed by atoms with van der Waals surface area (Å²) in [6.45, 7) is 16.7. The van der Waals surface area contributed by atoms with Crippen LogP contribution in [0.25, 0.3) is 0 Å². The smallest absolute Gasteiger partial charge is 0.329 e. The quantitative estimate of drug-likeness (QED) is 0.138. The summed E-state index contributed by atoms with van der Waals surface area (Å²) in [4.78, 5) is 71.8. The van der Waals surface area contributed by atoms with Gasteiger partial charge in [0.05, 0.1) is 24.4 Å². The lowest BCUT2D eigenvalue weighted by Gasteiger charge is -2.42. The third-order valence-corrected chi connectivity index (χ3v) is 14.5. The number of aliphatic hydroxyl groups excluding tert-OH is 2. The van der Waals surface area contributed by atoms with Crippen LogP contribution in [0, 0.1) is 35.5 Å². The van der Waals surface area contributed by atoms with E-state index in [1.807, 2.05) is 71.9 Å². The number of hydrogen-bond donors (Lipinski definition) is 3. The van der Waals surface area contributed by atoms with Gasteiger partial charge in [0.15, 0.2) is 5.78 Å². The average molecular weight is 944 g/mol. The van der Waals surface area contributed by atoms with Gasteiger partial charge in [0, 0.05) is 58.5 Å². The normalized spacial score (nSPS) is 39.3. The summed E-state index contributed by atoms with van der Waals surface area (Å²) >= 11 is 0. The van der Waals surface area contributed by atoms with Gasteiger partial charge in [-0.3, -0.25) is 19.2 Å². The molecule has 2 saturated heterocycles. The Hall–Kier alpha value is -3.37. The number of Topliss-reactive ketones (excluding diaryl/α,β-unsaturated/α-hetero) is 3. The molecule has 14 heteroatoms. The number of piperidine rings is 1. The standard InChI is InChI=1S/C51H79NO13.C2H6/c1-30-16-12-11-13-17-31(2)42(61-8)28-38-21-19-36(7)51(60,65-38)48(57)49(58)52-23-15-14-18-39(52)50(59)64-43(33(4)26-37-20-22-40(53)44(27-37)62-9)29-41(54)32(3)25-35(6)46(56)47(63-10)45(55)34(5)24-30;1-2/h11-13,16-17,25,30,32-34,36-40,42-44,46-47,53,56,60H,14-15,18-24,26-29H2,1-10H3;1-2H3/b13-11+,16-12+,31-17+,35-25+;/t30-,32-,33-,34-,36-,37+,38?,39?,40?,42+,43+,44-,46-,47+,51-;/m1./s1. The third-order valence-electron chi connectivity index (χ3n) is 14.5. The van der Waals surface area contributed by atoms with E-state index in [0.29, 0.717) is 63.4 Å². The highest BCUT2D eigenvalue weighted by atomic mass is 16.6. The van der Waals surface area contributed by atoms with E-state index in [-0.39, 0.29) is 54.8 Å². The largest absolute Gasteiger partial charge is 0.460 e. The monoisotopic (exact) mass is 944 g/mol. The van der Waals surface area contributed by atoms with Crippen LogP contribution in [0.1, 0.15) is 139 Å². The fourth-order valence-electron chi connectivity index (χ4n) is 10.1. The number of hydrogen-bond acceptors (Lipinski definition) is 13. The number of rotatable bonds is 6. The Labute approximate surface area is 400 Å². The number of allylic oxidation sites excluding steroid dienone is 6. The lowest BCUT2D eigenvalue weighted by Crippen LogP contribution is -2.61. The lowest BCUT2D eigenvalue weighted by molar-refractivity contribution is -0.265. The number of amides is 1. The molecule has 380 valence electrons. The predicted octanol–water partition coefficient (Wildman–Crippen LogP) is 7.21. The van der Waals surface area contributed by atoms with Crippen LogP contribution in [-0.2, 0) is 47.7 Å². The van der Waals surface area contributed by atoms with Crippen molar-refractivity contribution >= 4 is 29.2 Å². The molecule has 3 N–H and O–H groups in total. The van der Waals surface area contributed by atoms with E-state index in [1.54, 1.807) is 41.1 Å². The van der Waals surface area contributed by atoms with E-state index in [1.165, 1.54) is 12.0 Å². The molecule has 0 aromatic carbocycles. The van der Waals surface area contributed by atoms with Gasteiger partial charge in [-0.15, -0.1) is 0 Å². The van der Waals surface area contributed by atoms with Crippen molar-refractivity contribution in [2.45, 2.75) is 194 Å². The van der Waals surface area contributed by atoms with Crippen LogP contribution >= 0.6 is 0 Å². The number of fused-ring (bicyclic) bond motifs is 3. The fraction of sp³-hybridized carbons (Fsp3) is 0.755. The van der Waals surface area contributed by atoms with Crippen LogP contribution in [0.4, 0.5) is 0 Å². The maximum absolute atomic E-state index is 14.4. The molecule has 15 atom stereocenters. The molecule has 4 aliphatic rings. The van der Waals surface area contributed by atoms with Gasteiger partial charge in [-0.1, -0.05) is 84.9 Å². The van der Waals surface area contributed by atoms with Gasteiger partial charge in [0.2, 0.25) is 5.79 Å². The van der Waals surface area contributed by atoms with E-state index in [9.17, 15) is 39.3 Å². The van der Waals surface area contributed by atoms with Gasteiger partial charge in [0.1, 0.15) is 30.1 Å². The van der Waals surface area contributed by atoms with Crippen LogP contribution < -0.4 is 0 Å². The van der Waals surface area contributed by atoms with Gasteiger partial charge in [-0.2, -0.15) is 0 Å². The molecule has 4 rings (SSSR count). The van der Waals surface area contributed by atoms with E-state index >= 15 is 0 Å². The number of carbonyl (C=O) groups excluding carboxylic acids is 5. The first-order chi connectivity index (χ1) is 31.7. The van der Waals surface area contributed by atoms with Crippen molar-refractivity contribution in [1.29, 1.82) is 0 Å². The lowest BCUT2D eigenvalue weighted by atomic mass is 9.78. The molecule has 1 amide bonds. The molecule has 3 unspecified atom stereocenters. The Morgan fingerprint density at radius 3 is 2.19 bits per heavy atom. The molecule has 3 fully saturated rings. The molecular weight excluding hydrogens is 859 g/mol. The zero-order valence-corrected chi connectivity index (χ0v) is 42.6. The SMILES string of the molecule is CC.CO[C@H]1CC2CC[C@@H](C)[C@@](O)(O2)C(=O)C(=O)N2CCCCC2C(=O)O[C@H]([C@H](C)C[C@@H]2CCC(O)[C@H](OC)C2)CC(=O)[C@H](C)/C=C(\C)[C@@H](O)[C@@H](OC)C(=O)[C@H](C)C[C@H](C)/C=C/C=C/C=C/1C. The summed E-state index contributed by atoms with van der Waals surface area (Å²) in [5, 5.41) is 33.8. The Morgan fingerprint density at radius 2 is 1.54 bits per heavy atom. The molecular formula is C53H85NO13. The highest BCUT2D eigenvalue weighted by molar-refractivity contribution is 6.39. The molecule has 2 bridgehead atoms. The minimum atomic E-state index is -2.43. The van der Waals surface area contributed by atoms with E-state index in [2.05, 4.69) is 0 Å². The van der Waals surface area contributed by atoms with Crippen LogP contribution in [0.3, 0.4) is 0 Å². The Balaban J connectivity index is 0.00000587. The first-order valence-corrected chi connectivity index (χ1v) is 24.9. The summed E-state index contributed by atoms with van der Waals surface area (Å²) in [5.41, 5.74) is 1.27. The molecule has 3 aliphatic heterocycles. The first-order valence-electron chi connectivity index (χ1n) is 24.9. The van der Waals surface area contributed by atoms with E-state index < -0.39 is 83.9 Å². The van der Waals surface area contributed by atoms with Crippen LogP contribution in [-0.4, -0.2) is 132 Å². The van der Waals surface area contributed by atoms with Crippen molar-refractivity contribution in [3.63, 3.8) is 0 Å². The number of ether oxygens (including phenoxy) is 5. The minimum Gasteiger partial charge on any atom is -0.460 e. The van der Waals surface area contributed by atoms with Gasteiger partial charge >= 0.3 is 5.97 Å². The maximum Gasteiger partial charge on any atom is 0.329 e. The Bertz CT molecular complexity index is 1760. The van der Waals surface area contributed by atoms with Gasteiger partial charge in [-0.25, -0.2) is 4.79 Å². The van der Waals surface area contributed by atoms with Crippen LogP contribution in [0.15, 0.2) is 47.6 Å². The van der Waals surface area contributed by atoms with Gasteiger partial charge in [-0.05, 0) is 107 Å². The number of carbonyl (C=O) groups is 5. The summed E-state index contributed by atoms with van der Waals surface area (Å²) < 4.78 is 29.4. The molecule has 14 nitrogen and oxygen atoms in total. The minimum absolute atomic E-state index is 0.0193. The second-order valence-corrected chi connectivity index (χ2v) is 19.6. The van der Waals surface area contributed by atoms with Gasteiger partial charge < -0.3 is 43.9 Å². The first kappa shape index (κ1) is 57.9. The van der Waals surface area contributed by atoms with Crippen molar-refractivity contribution in [3.8, 4) is 0 Å². The Morgan fingerprint density at radius 1 is 0.836 bits per heavy atom. The van der Waals surface area contributed by atoms with E-state index in [4.69, 9.17) is 23.7 Å². The van der Waals surface area contributed by atoms with Crippen LogP contribution in [0.5, 0.6) is 0 Å². The summed E-state index contributed by atoms with van der Waals surface area (Å²) in [7, 11) is 4.52. The third kappa shape index (κ3) is 15.8. The van der Waals surface area contributed by atoms with Crippen molar-refractivity contribution in [3.05, 3.63) is 47.6 Å². The second kappa shape index (κ2) is 27.7. The topological polar surface area (TPSA) is 195 Å². The van der Waals surface area contributed by atoms with Crippen molar-refractivity contribution in [2.75, 3.05) is 27.9 Å². The van der Waals surface area contributed by atoms with E-state index in [0.717, 1.165) is 12.0 Å². The summed E-state index contributed by atoms with van der Waals surface area (Å²) in [5.74, 6) is -7.96. The number of nitrogens with zero attached hydrogens (tertiary/aromatic N) is 1. The number of esters is 1. The summed E-state index contributed by atoms with van der Waals surface area (Å²) in [6, 6.07) is -1.14. The fourth-order valence-corrected chi connectivity index (χ4v) is 10.1. The second-order valence-electron chi connectivity index (χ2n) is 19.6. The van der Waals surface area contributed by atoms with Crippen LogP contribution in [0.2, 0.25) is 0 Å². The highest BCUT2D eigenvalue weighted by Crippen LogP contribution is 2.38. The molecule has 1 saturated carbocycles. The molecule has 0 spiro atoms. The van der Waals surface area contributed by atoms with Crippen molar-refractivity contribution < 1.29 is 63.0 Å². The molecule has 0 aromatic heterocycles. The zero-order chi connectivity index (χ0) is 50.2. The number of cyclic esters (lactones) is 1.